The predicted octanol–water partition coefficient (Wildman–Crippen LogP) is 4.51. The van der Waals surface area contributed by atoms with Crippen molar-refractivity contribution in [2.24, 2.45) is 23.5 Å². The molecule has 1 aliphatic heterocycles. The number of nitrogens with two attached hydrogens (primary N) is 1. The van der Waals surface area contributed by atoms with Gasteiger partial charge in [-0.25, -0.2) is 4.79 Å². The Morgan fingerprint density at radius 3 is 2.48 bits per heavy atom. The summed E-state index contributed by atoms with van der Waals surface area (Å²) in [6, 6.07) is 6.14. The molecule has 3 atom stereocenters. The molecule has 0 spiro atoms. The van der Waals surface area contributed by atoms with E-state index in [4.69, 9.17) is 24.7 Å². The van der Waals surface area contributed by atoms with E-state index in [0.717, 1.165) is 30.8 Å². The number of benzene rings is 1. The van der Waals surface area contributed by atoms with Crippen molar-refractivity contribution < 1.29 is 23.7 Å². The van der Waals surface area contributed by atoms with Gasteiger partial charge in [0, 0.05) is 39.3 Å². The number of carbonyl (C=O) groups is 1. The molecule has 1 saturated heterocycles. The summed E-state index contributed by atoms with van der Waals surface area (Å²) in [5.74, 6) is 2.69. The van der Waals surface area contributed by atoms with Gasteiger partial charge in [-0.1, -0.05) is 19.9 Å². The molecule has 2 rings (SSSR count). The van der Waals surface area contributed by atoms with Crippen LogP contribution in [0.3, 0.4) is 0 Å². The lowest BCUT2D eigenvalue weighted by Crippen LogP contribution is -2.36. The van der Waals surface area contributed by atoms with Gasteiger partial charge in [0.25, 0.3) is 0 Å². The maximum Gasteiger partial charge on any atom is 0.410 e. The summed E-state index contributed by atoms with van der Waals surface area (Å²) >= 11 is 0. The maximum atomic E-state index is 12.5. The van der Waals surface area contributed by atoms with Crippen molar-refractivity contribution in [2.75, 3.05) is 40.5 Å². The van der Waals surface area contributed by atoms with Gasteiger partial charge in [0.1, 0.15) is 5.60 Å². The van der Waals surface area contributed by atoms with E-state index in [1.165, 1.54) is 5.56 Å². The van der Waals surface area contributed by atoms with Crippen molar-refractivity contribution in [3.05, 3.63) is 23.8 Å². The number of likely N-dealkylation sites (tertiary alicyclic amines) is 1. The van der Waals surface area contributed by atoms with E-state index in [9.17, 15) is 4.79 Å². The van der Waals surface area contributed by atoms with Crippen LogP contribution >= 0.6 is 0 Å². The molecule has 1 aromatic rings. The molecular formula is C26H44N2O5. The molecule has 2 N–H and O–H groups in total. The van der Waals surface area contributed by atoms with Crippen molar-refractivity contribution in [1.29, 1.82) is 0 Å². The number of hydrogen-bond acceptors (Lipinski definition) is 6. The van der Waals surface area contributed by atoms with Gasteiger partial charge in [-0.3, -0.25) is 0 Å². The summed E-state index contributed by atoms with van der Waals surface area (Å²) in [5.41, 5.74) is 7.17. The topological polar surface area (TPSA) is 83.2 Å². The van der Waals surface area contributed by atoms with E-state index in [1.54, 1.807) is 19.1 Å². The first-order chi connectivity index (χ1) is 15.5. The molecular weight excluding hydrogens is 420 g/mol. The minimum Gasteiger partial charge on any atom is -0.493 e. The lowest BCUT2D eigenvalue weighted by atomic mass is 9.81. The first-order valence-electron chi connectivity index (χ1n) is 12.1. The first-order valence-corrected chi connectivity index (χ1v) is 12.1. The van der Waals surface area contributed by atoms with E-state index in [1.807, 2.05) is 26.8 Å². The van der Waals surface area contributed by atoms with Gasteiger partial charge >= 0.3 is 6.09 Å². The highest BCUT2D eigenvalue weighted by atomic mass is 16.6. The number of nitrogens with zero attached hydrogens (tertiary/aromatic N) is 1. The van der Waals surface area contributed by atoms with Crippen LogP contribution in [0.25, 0.3) is 0 Å². The van der Waals surface area contributed by atoms with Crippen LogP contribution in [-0.4, -0.2) is 63.2 Å². The van der Waals surface area contributed by atoms with Crippen molar-refractivity contribution in [3.63, 3.8) is 0 Å². The molecule has 0 bridgehead atoms. The van der Waals surface area contributed by atoms with E-state index < -0.39 is 5.60 Å². The third kappa shape index (κ3) is 8.70. The van der Waals surface area contributed by atoms with E-state index in [0.29, 0.717) is 38.1 Å². The molecule has 1 heterocycles. The standard InChI is InChI=1S/C26H44N2O5/c1-18(2)20(15-21-16-28(17-22(21)27)25(29)33-26(3,4)5)13-19-9-10-23(31-7)24(14-19)32-12-8-11-30-6/h9-10,14,18,20-22H,8,11-13,15-17,27H2,1-7H3/t20?,21-,22-/m1/s1. The van der Waals surface area contributed by atoms with Gasteiger partial charge in [-0.2, -0.15) is 0 Å². The third-order valence-electron chi connectivity index (χ3n) is 6.17. The molecule has 0 aliphatic carbocycles. The van der Waals surface area contributed by atoms with Crippen molar-refractivity contribution >= 4 is 6.09 Å². The van der Waals surface area contributed by atoms with Gasteiger partial charge < -0.3 is 29.6 Å². The fraction of sp³-hybridized carbons (Fsp3) is 0.731. The van der Waals surface area contributed by atoms with Crippen LogP contribution in [0.15, 0.2) is 18.2 Å². The van der Waals surface area contributed by atoms with Crippen molar-refractivity contribution in [3.8, 4) is 11.5 Å². The van der Waals surface area contributed by atoms with Crippen molar-refractivity contribution in [2.45, 2.75) is 65.5 Å². The zero-order valence-electron chi connectivity index (χ0n) is 21.6. The predicted molar refractivity (Wildman–Crippen MR) is 131 cm³/mol. The smallest absolute Gasteiger partial charge is 0.410 e. The summed E-state index contributed by atoms with van der Waals surface area (Å²) < 4.78 is 22.1. The van der Waals surface area contributed by atoms with Crippen LogP contribution in [-0.2, 0) is 15.9 Å². The zero-order valence-corrected chi connectivity index (χ0v) is 21.6. The van der Waals surface area contributed by atoms with Crippen LogP contribution in [0, 0.1) is 17.8 Å². The molecule has 0 saturated carbocycles. The Kier molecular flexibility index (Phi) is 10.3. The molecule has 1 aliphatic rings. The summed E-state index contributed by atoms with van der Waals surface area (Å²) in [6.45, 7) is 12.6. The van der Waals surface area contributed by atoms with Crippen LogP contribution in [0.5, 0.6) is 11.5 Å². The Bertz CT molecular complexity index is 747. The lowest BCUT2D eigenvalue weighted by molar-refractivity contribution is 0.0284. The lowest BCUT2D eigenvalue weighted by Gasteiger charge is -2.27. The van der Waals surface area contributed by atoms with E-state index in [-0.39, 0.29) is 18.1 Å². The molecule has 0 aromatic heterocycles. The average Bonchev–Trinajstić information content (AvgIpc) is 3.10. The largest absolute Gasteiger partial charge is 0.493 e. The number of methoxy groups -OCH3 is 2. The first kappa shape index (κ1) is 27.3. The maximum absolute atomic E-state index is 12.5. The highest BCUT2D eigenvalue weighted by Gasteiger charge is 2.36. The molecule has 188 valence electrons. The average molecular weight is 465 g/mol. The Balaban J connectivity index is 2.03. The second kappa shape index (κ2) is 12.5. The minimum atomic E-state index is -0.503. The Labute approximate surface area is 199 Å². The minimum absolute atomic E-state index is 0.0330. The molecule has 1 aromatic carbocycles. The Morgan fingerprint density at radius 2 is 1.88 bits per heavy atom. The van der Waals surface area contributed by atoms with E-state index >= 15 is 0 Å². The Hall–Kier alpha value is -1.99. The molecule has 1 amide bonds. The number of carbonyl (C=O) groups excluding carboxylic acids is 1. The fourth-order valence-electron chi connectivity index (χ4n) is 4.25. The summed E-state index contributed by atoms with van der Waals surface area (Å²) in [7, 11) is 3.35. The van der Waals surface area contributed by atoms with Crippen LogP contribution in [0.2, 0.25) is 0 Å². The SMILES string of the molecule is COCCCOc1cc(CC(C[C@@H]2CN(C(=O)OC(C)(C)C)C[C@H]2N)C(C)C)ccc1OC. The molecule has 1 fully saturated rings. The third-order valence-corrected chi connectivity index (χ3v) is 6.17. The summed E-state index contributed by atoms with van der Waals surface area (Å²) in [5, 5.41) is 0. The Morgan fingerprint density at radius 1 is 1.15 bits per heavy atom. The number of hydrogen-bond donors (Lipinski definition) is 1. The number of ether oxygens (including phenoxy) is 4. The molecule has 1 unspecified atom stereocenters. The zero-order chi connectivity index (χ0) is 24.6. The molecule has 7 nitrogen and oxygen atoms in total. The van der Waals surface area contributed by atoms with Gasteiger partial charge in [0.05, 0.1) is 13.7 Å². The van der Waals surface area contributed by atoms with Gasteiger partial charge in [0.15, 0.2) is 11.5 Å². The van der Waals surface area contributed by atoms with Gasteiger partial charge in [-0.15, -0.1) is 0 Å². The van der Waals surface area contributed by atoms with Crippen LogP contribution < -0.4 is 15.2 Å². The fourth-order valence-corrected chi connectivity index (χ4v) is 4.25. The van der Waals surface area contributed by atoms with Gasteiger partial charge in [-0.05, 0) is 69.1 Å². The van der Waals surface area contributed by atoms with Crippen LogP contribution in [0.4, 0.5) is 4.79 Å². The number of rotatable bonds is 11. The summed E-state index contributed by atoms with van der Waals surface area (Å²) in [6.07, 6.45) is 2.44. The van der Waals surface area contributed by atoms with Gasteiger partial charge in [0.2, 0.25) is 0 Å². The monoisotopic (exact) mass is 464 g/mol. The second-order valence-corrected chi connectivity index (χ2v) is 10.4. The highest BCUT2D eigenvalue weighted by Crippen LogP contribution is 2.33. The molecule has 0 radical (unpaired) electrons. The van der Waals surface area contributed by atoms with Crippen molar-refractivity contribution in [1.82, 2.24) is 4.90 Å². The normalized spacial score (nSPS) is 19.6. The number of amides is 1. The molecule has 7 heteroatoms. The van der Waals surface area contributed by atoms with E-state index in [2.05, 4.69) is 26.0 Å². The summed E-state index contributed by atoms with van der Waals surface area (Å²) in [4.78, 5) is 14.3. The highest BCUT2D eigenvalue weighted by molar-refractivity contribution is 5.68. The molecule has 33 heavy (non-hydrogen) atoms. The van der Waals surface area contributed by atoms with Crippen LogP contribution in [0.1, 0.15) is 53.0 Å². The quantitative estimate of drug-likeness (QED) is 0.485. The second-order valence-electron chi connectivity index (χ2n) is 10.4.